The van der Waals surface area contributed by atoms with E-state index in [4.69, 9.17) is 14.4 Å². The number of hydrogen-bond acceptors (Lipinski definition) is 6. The number of nitrogens with one attached hydrogen (secondary N) is 1. The minimum Gasteiger partial charge on any atom is -0.489 e. The van der Waals surface area contributed by atoms with Gasteiger partial charge in [-0.15, -0.1) is 0 Å². The maximum Gasteiger partial charge on any atom is 0.277 e. The summed E-state index contributed by atoms with van der Waals surface area (Å²) in [5.41, 5.74) is 1.97. The zero-order valence-corrected chi connectivity index (χ0v) is 21.4. The van der Waals surface area contributed by atoms with Gasteiger partial charge in [-0.2, -0.15) is 9.57 Å². The van der Waals surface area contributed by atoms with Gasteiger partial charge in [-0.05, 0) is 66.4 Å². The van der Waals surface area contributed by atoms with Gasteiger partial charge >= 0.3 is 0 Å². The fraction of sp³-hybridized carbons (Fsp3) is 0.214. The van der Waals surface area contributed by atoms with Gasteiger partial charge in [0.05, 0.1) is 11.6 Å². The molecular formula is C28H23F2N3O5S. The summed E-state index contributed by atoms with van der Waals surface area (Å²) in [4.78, 5) is 13.0. The molecular weight excluding hydrogens is 528 g/mol. The van der Waals surface area contributed by atoms with Gasteiger partial charge in [0.25, 0.3) is 10.0 Å². The van der Waals surface area contributed by atoms with Crippen LogP contribution in [0.5, 0.6) is 5.75 Å². The second-order valence-corrected chi connectivity index (χ2v) is 11.0. The molecule has 1 unspecified atom stereocenters. The summed E-state index contributed by atoms with van der Waals surface area (Å²) in [6.45, 7) is 0.238. The van der Waals surface area contributed by atoms with Crippen LogP contribution in [0.2, 0.25) is 0 Å². The molecule has 0 bridgehead atoms. The summed E-state index contributed by atoms with van der Waals surface area (Å²) in [6.07, 6.45) is 0.779. The zero-order chi connectivity index (χ0) is 27.6. The number of carbonyl (C=O) groups excluding carboxylic acids is 1. The number of ether oxygens (including phenoxy) is 1. The number of amides is 1. The molecule has 8 nitrogen and oxygen atoms in total. The third-order valence-electron chi connectivity index (χ3n) is 6.41. The molecule has 5 rings (SSSR count). The van der Waals surface area contributed by atoms with Gasteiger partial charge in [0.1, 0.15) is 35.6 Å². The first kappa shape index (κ1) is 26.3. The summed E-state index contributed by atoms with van der Waals surface area (Å²) in [6, 6.07) is 16.9. The van der Waals surface area contributed by atoms with Crippen LogP contribution in [0, 0.1) is 23.0 Å². The van der Waals surface area contributed by atoms with Crippen molar-refractivity contribution in [2.24, 2.45) is 0 Å². The van der Waals surface area contributed by atoms with Crippen LogP contribution < -0.4 is 10.1 Å². The van der Waals surface area contributed by atoms with Gasteiger partial charge < -0.3 is 14.5 Å². The van der Waals surface area contributed by atoms with Crippen molar-refractivity contribution in [3.05, 3.63) is 95.1 Å². The van der Waals surface area contributed by atoms with E-state index in [1.165, 1.54) is 36.4 Å². The van der Waals surface area contributed by atoms with Crippen molar-refractivity contribution >= 4 is 26.9 Å². The predicted octanol–water partition coefficient (Wildman–Crippen LogP) is 4.63. The molecule has 0 saturated carbocycles. The molecule has 0 aliphatic carbocycles. The van der Waals surface area contributed by atoms with Crippen LogP contribution in [0.1, 0.15) is 29.5 Å². The van der Waals surface area contributed by atoms with E-state index in [-0.39, 0.29) is 36.1 Å². The minimum atomic E-state index is -4.16. The normalized spacial score (nSPS) is 15.8. The average Bonchev–Trinajstić information content (AvgIpc) is 3.59. The SMILES string of the molecule is N#Cc1ccc(COc2cc(F)cc(CNC(=O)C3CCCN3S(=O)(=O)c3cc4cc(F)ccc4o3)c2)cc1. The largest absolute Gasteiger partial charge is 0.489 e. The molecule has 3 aromatic carbocycles. The fourth-order valence-electron chi connectivity index (χ4n) is 4.48. The highest BCUT2D eigenvalue weighted by atomic mass is 32.2. The van der Waals surface area contributed by atoms with Crippen LogP contribution >= 0.6 is 0 Å². The molecule has 1 N–H and O–H groups in total. The average molecular weight is 552 g/mol. The van der Waals surface area contributed by atoms with Crippen LogP contribution in [0.15, 0.2) is 76.2 Å². The fourth-order valence-corrected chi connectivity index (χ4v) is 6.09. The van der Waals surface area contributed by atoms with Crippen molar-refractivity contribution in [2.75, 3.05) is 6.54 Å². The number of nitrogens with zero attached hydrogens (tertiary/aromatic N) is 2. The van der Waals surface area contributed by atoms with Crippen molar-refractivity contribution in [3.63, 3.8) is 0 Å². The molecule has 39 heavy (non-hydrogen) atoms. The van der Waals surface area contributed by atoms with E-state index in [1.54, 1.807) is 30.3 Å². The summed E-state index contributed by atoms with van der Waals surface area (Å²) < 4.78 is 66.5. The molecule has 1 aliphatic heterocycles. The number of benzene rings is 3. The number of hydrogen-bond donors (Lipinski definition) is 1. The third kappa shape index (κ3) is 5.77. The Morgan fingerprint density at radius 2 is 1.85 bits per heavy atom. The Bertz CT molecular complexity index is 1680. The number of fused-ring (bicyclic) bond motifs is 1. The van der Waals surface area contributed by atoms with E-state index >= 15 is 0 Å². The molecule has 1 aliphatic rings. The lowest BCUT2D eigenvalue weighted by molar-refractivity contribution is -0.124. The number of furan rings is 1. The van der Waals surface area contributed by atoms with Crippen LogP contribution in [0.4, 0.5) is 8.78 Å². The smallest absolute Gasteiger partial charge is 0.277 e. The number of sulfonamides is 1. The van der Waals surface area contributed by atoms with E-state index in [0.29, 0.717) is 29.4 Å². The van der Waals surface area contributed by atoms with E-state index in [1.807, 2.05) is 6.07 Å². The lowest BCUT2D eigenvalue weighted by Gasteiger charge is -2.22. The molecule has 11 heteroatoms. The first-order valence-electron chi connectivity index (χ1n) is 12.1. The molecule has 4 aromatic rings. The van der Waals surface area contributed by atoms with Gasteiger partial charge in [0, 0.05) is 30.6 Å². The van der Waals surface area contributed by atoms with Gasteiger partial charge in [-0.1, -0.05) is 12.1 Å². The maximum absolute atomic E-state index is 14.2. The molecule has 1 aromatic heterocycles. The summed E-state index contributed by atoms with van der Waals surface area (Å²) >= 11 is 0. The summed E-state index contributed by atoms with van der Waals surface area (Å²) in [7, 11) is -4.16. The first-order valence-corrected chi connectivity index (χ1v) is 13.6. The second-order valence-electron chi connectivity index (χ2n) is 9.13. The Balaban J connectivity index is 1.24. The summed E-state index contributed by atoms with van der Waals surface area (Å²) in [5.74, 6) is -1.34. The highest BCUT2D eigenvalue weighted by Crippen LogP contribution is 2.30. The third-order valence-corrected chi connectivity index (χ3v) is 8.18. The highest BCUT2D eigenvalue weighted by Gasteiger charge is 2.41. The van der Waals surface area contributed by atoms with E-state index in [2.05, 4.69) is 5.32 Å². The highest BCUT2D eigenvalue weighted by molar-refractivity contribution is 7.89. The zero-order valence-electron chi connectivity index (χ0n) is 20.6. The van der Waals surface area contributed by atoms with Crippen LogP contribution in [-0.4, -0.2) is 31.2 Å². The quantitative estimate of drug-likeness (QED) is 0.342. The van der Waals surface area contributed by atoms with Gasteiger partial charge in [0.15, 0.2) is 0 Å². The topological polar surface area (TPSA) is 113 Å². The molecule has 1 fully saturated rings. The Kier molecular flexibility index (Phi) is 7.32. The van der Waals surface area contributed by atoms with Gasteiger partial charge in [-0.3, -0.25) is 4.79 Å². The standard InChI is InChI=1S/C28H23F2N3O5S/c29-22-7-8-26-21(12-22)13-27(38-26)39(35,36)33-9-1-2-25(33)28(34)32-16-20-10-23(30)14-24(11-20)37-17-19-5-3-18(15-31)4-6-19/h3-8,10-14,25H,1-2,9,16-17H2,(H,32,34). The Hall–Kier alpha value is -4.27. The van der Waals surface area contributed by atoms with Gasteiger partial charge in [0.2, 0.25) is 11.0 Å². The van der Waals surface area contributed by atoms with E-state index in [9.17, 15) is 22.0 Å². The number of carbonyl (C=O) groups is 1. The number of nitriles is 1. The van der Waals surface area contributed by atoms with Crippen LogP contribution in [0.25, 0.3) is 11.0 Å². The van der Waals surface area contributed by atoms with Crippen molar-refractivity contribution in [1.82, 2.24) is 9.62 Å². The lowest BCUT2D eigenvalue weighted by atomic mass is 10.1. The Morgan fingerprint density at radius 3 is 2.62 bits per heavy atom. The van der Waals surface area contributed by atoms with Crippen molar-refractivity contribution in [1.29, 1.82) is 5.26 Å². The monoisotopic (exact) mass is 551 g/mol. The first-order chi connectivity index (χ1) is 18.7. The van der Waals surface area contributed by atoms with E-state index < -0.39 is 33.6 Å². The van der Waals surface area contributed by atoms with Crippen molar-refractivity contribution in [3.8, 4) is 11.8 Å². The minimum absolute atomic E-state index is 0.0435. The van der Waals surface area contributed by atoms with Gasteiger partial charge in [-0.25, -0.2) is 17.2 Å². The lowest BCUT2D eigenvalue weighted by Crippen LogP contribution is -2.45. The maximum atomic E-state index is 14.2. The van der Waals surface area contributed by atoms with Crippen LogP contribution in [0.3, 0.4) is 0 Å². The molecule has 0 spiro atoms. The Morgan fingerprint density at radius 1 is 1.05 bits per heavy atom. The summed E-state index contributed by atoms with van der Waals surface area (Å²) in [5, 5.41) is 11.5. The number of halogens is 2. The molecule has 200 valence electrons. The van der Waals surface area contributed by atoms with Crippen molar-refractivity contribution in [2.45, 2.75) is 37.1 Å². The predicted molar refractivity (Wildman–Crippen MR) is 137 cm³/mol. The molecule has 1 amide bonds. The molecule has 2 heterocycles. The molecule has 1 saturated heterocycles. The Labute approximate surface area is 223 Å². The van der Waals surface area contributed by atoms with E-state index in [0.717, 1.165) is 9.87 Å². The molecule has 1 atom stereocenters. The second kappa shape index (κ2) is 10.8. The molecule has 0 radical (unpaired) electrons. The number of rotatable bonds is 8. The van der Waals surface area contributed by atoms with Crippen molar-refractivity contribution < 1.29 is 31.1 Å². The van der Waals surface area contributed by atoms with Crippen LogP contribution in [-0.2, 0) is 28.0 Å².